The molecule has 0 N–H and O–H groups in total. The van der Waals surface area contributed by atoms with Crippen molar-refractivity contribution in [2.75, 3.05) is 4.90 Å². The first-order valence-electron chi connectivity index (χ1n) is 10.5. The molecular formula is C26H24FN4O2+. The van der Waals surface area contributed by atoms with Crippen molar-refractivity contribution in [3.8, 4) is 11.1 Å². The molecule has 0 spiro atoms. The summed E-state index contributed by atoms with van der Waals surface area (Å²) in [4.78, 5) is 32.5. The molecule has 6 nitrogen and oxygen atoms in total. The zero-order chi connectivity index (χ0) is 23.9. The zero-order valence-corrected chi connectivity index (χ0v) is 19.0. The molecule has 2 aromatic carbocycles. The molecule has 166 valence electrons. The number of carbonyl (C=O) groups excluding carboxylic acids is 2. The van der Waals surface area contributed by atoms with Crippen LogP contribution in [0, 0.1) is 19.3 Å². The van der Waals surface area contributed by atoms with Crippen molar-refractivity contribution in [1.29, 1.82) is 0 Å². The Bertz CT molecular complexity index is 1310. The normalized spacial score (nSPS) is 15.2. The lowest BCUT2D eigenvalue weighted by atomic mass is 10.0. The van der Waals surface area contributed by atoms with Gasteiger partial charge in [0.2, 0.25) is 0 Å². The highest BCUT2D eigenvalue weighted by atomic mass is 19.1. The molecule has 3 aromatic rings. The Labute approximate surface area is 192 Å². The van der Waals surface area contributed by atoms with E-state index in [0.29, 0.717) is 28.1 Å². The van der Waals surface area contributed by atoms with Crippen LogP contribution in [0.25, 0.3) is 16.0 Å². The minimum Gasteiger partial charge on any atom is -0.305 e. The Morgan fingerprint density at radius 3 is 2.36 bits per heavy atom. The molecule has 0 bridgehead atoms. The van der Waals surface area contributed by atoms with Gasteiger partial charge in [0.15, 0.2) is 18.1 Å². The van der Waals surface area contributed by atoms with E-state index in [4.69, 9.17) is 6.57 Å². The lowest BCUT2D eigenvalue weighted by Gasteiger charge is -2.27. The van der Waals surface area contributed by atoms with Crippen LogP contribution in [0.4, 0.5) is 20.6 Å². The molecule has 3 amide bonds. The number of pyridine rings is 1. The van der Waals surface area contributed by atoms with E-state index in [1.54, 1.807) is 51.1 Å². The molecular weight excluding hydrogens is 419 g/mol. The van der Waals surface area contributed by atoms with Crippen LogP contribution >= 0.6 is 0 Å². The molecule has 0 radical (unpaired) electrons. The van der Waals surface area contributed by atoms with E-state index < -0.39 is 11.6 Å². The van der Waals surface area contributed by atoms with E-state index >= 15 is 0 Å². The fraction of sp³-hybridized carbons (Fsp3) is 0.231. The van der Waals surface area contributed by atoms with Gasteiger partial charge in [-0.1, -0.05) is 18.2 Å². The molecule has 1 fully saturated rings. The fourth-order valence-corrected chi connectivity index (χ4v) is 3.99. The predicted octanol–water partition coefficient (Wildman–Crippen LogP) is 4.92. The van der Waals surface area contributed by atoms with Gasteiger partial charge in [-0.25, -0.2) is 23.5 Å². The van der Waals surface area contributed by atoms with Gasteiger partial charge in [0.25, 0.3) is 5.91 Å². The van der Waals surface area contributed by atoms with Gasteiger partial charge in [0, 0.05) is 24.2 Å². The number of carbonyl (C=O) groups is 2. The highest BCUT2D eigenvalue weighted by Gasteiger charge is 2.51. The number of urea groups is 1. The van der Waals surface area contributed by atoms with Gasteiger partial charge >= 0.3 is 6.03 Å². The van der Waals surface area contributed by atoms with Crippen molar-refractivity contribution < 1.29 is 18.5 Å². The van der Waals surface area contributed by atoms with E-state index in [0.717, 1.165) is 10.5 Å². The number of imide groups is 1. The van der Waals surface area contributed by atoms with Gasteiger partial charge in [-0.15, -0.1) is 0 Å². The highest BCUT2D eigenvalue weighted by Crippen LogP contribution is 2.35. The summed E-state index contributed by atoms with van der Waals surface area (Å²) in [5.41, 5.74) is 2.29. The van der Waals surface area contributed by atoms with Crippen LogP contribution in [0.1, 0.15) is 25.0 Å². The largest absolute Gasteiger partial charge is 0.332 e. The molecule has 0 saturated carbocycles. The molecule has 0 atom stereocenters. The summed E-state index contributed by atoms with van der Waals surface area (Å²) in [6, 6.07) is 12.9. The van der Waals surface area contributed by atoms with Gasteiger partial charge in [-0.3, -0.25) is 4.79 Å². The number of halogens is 1. The van der Waals surface area contributed by atoms with Crippen molar-refractivity contribution in [2.24, 2.45) is 7.05 Å². The topological polar surface area (TPSA) is 48.9 Å². The Kier molecular flexibility index (Phi) is 5.46. The van der Waals surface area contributed by atoms with E-state index in [-0.39, 0.29) is 18.3 Å². The SMILES string of the molecule is [C-]#[N+]c1ccc(N2C(=O)N(Cc3ccc(-c4cc[n+](C)cc4)c(F)c3)C(C)(C)C2=O)cc1C. The van der Waals surface area contributed by atoms with Crippen LogP contribution in [0.2, 0.25) is 0 Å². The fourth-order valence-electron chi connectivity index (χ4n) is 3.99. The third-order valence-corrected chi connectivity index (χ3v) is 6.05. The maximum absolute atomic E-state index is 14.9. The van der Waals surface area contributed by atoms with Crippen molar-refractivity contribution in [1.82, 2.24) is 4.90 Å². The number of nitrogens with zero attached hydrogens (tertiary/aromatic N) is 4. The third kappa shape index (κ3) is 3.85. The van der Waals surface area contributed by atoms with Gasteiger partial charge in [-0.05, 0) is 55.7 Å². The number of benzene rings is 2. The quantitative estimate of drug-likeness (QED) is 0.326. The molecule has 0 unspecified atom stereocenters. The van der Waals surface area contributed by atoms with Crippen LogP contribution < -0.4 is 9.47 Å². The van der Waals surface area contributed by atoms with Gasteiger partial charge in [0.1, 0.15) is 18.4 Å². The van der Waals surface area contributed by atoms with Crippen LogP contribution in [0.3, 0.4) is 0 Å². The average Bonchev–Trinajstić information content (AvgIpc) is 2.94. The maximum atomic E-state index is 14.9. The second-order valence-electron chi connectivity index (χ2n) is 8.72. The number of anilines is 1. The monoisotopic (exact) mass is 443 g/mol. The number of hydrogen-bond donors (Lipinski definition) is 0. The summed E-state index contributed by atoms with van der Waals surface area (Å²) in [5, 5.41) is 0. The third-order valence-electron chi connectivity index (χ3n) is 6.05. The van der Waals surface area contributed by atoms with Crippen molar-refractivity contribution in [2.45, 2.75) is 32.9 Å². The lowest BCUT2D eigenvalue weighted by Crippen LogP contribution is -2.43. The summed E-state index contributed by atoms with van der Waals surface area (Å²) >= 11 is 0. The summed E-state index contributed by atoms with van der Waals surface area (Å²) in [6.45, 7) is 12.4. The Hall–Kier alpha value is -4.05. The molecule has 1 aromatic heterocycles. The van der Waals surface area contributed by atoms with Crippen molar-refractivity contribution >= 4 is 23.3 Å². The first-order valence-corrected chi connectivity index (χ1v) is 10.5. The van der Waals surface area contributed by atoms with Crippen molar-refractivity contribution in [3.05, 3.63) is 89.3 Å². The van der Waals surface area contributed by atoms with E-state index in [1.807, 2.05) is 36.1 Å². The van der Waals surface area contributed by atoms with E-state index in [1.165, 1.54) is 11.0 Å². The minimum absolute atomic E-state index is 0.0914. The molecule has 7 heteroatoms. The van der Waals surface area contributed by atoms with Gasteiger partial charge in [-0.2, -0.15) is 0 Å². The predicted molar refractivity (Wildman–Crippen MR) is 123 cm³/mol. The minimum atomic E-state index is -1.10. The number of amides is 3. The van der Waals surface area contributed by atoms with E-state index in [9.17, 15) is 14.0 Å². The lowest BCUT2D eigenvalue weighted by molar-refractivity contribution is -0.671. The number of aromatic nitrogens is 1. The molecule has 0 aliphatic carbocycles. The molecule has 1 saturated heterocycles. The van der Waals surface area contributed by atoms with Crippen LogP contribution in [0.5, 0.6) is 0 Å². The summed E-state index contributed by atoms with van der Waals surface area (Å²) in [7, 11) is 1.89. The van der Waals surface area contributed by atoms with Gasteiger partial charge < -0.3 is 4.90 Å². The maximum Gasteiger partial charge on any atom is 0.332 e. The van der Waals surface area contributed by atoms with Crippen LogP contribution in [-0.4, -0.2) is 22.4 Å². The first kappa shape index (κ1) is 22.2. The zero-order valence-electron chi connectivity index (χ0n) is 19.0. The average molecular weight is 444 g/mol. The molecule has 1 aliphatic rings. The van der Waals surface area contributed by atoms with Crippen LogP contribution in [0.15, 0.2) is 60.9 Å². The number of hydrogen-bond acceptors (Lipinski definition) is 2. The molecule has 33 heavy (non-hydrogen) atoms. The van der Waals surface area contributed by atoms with Crippen LogP contribution in [-0.2, 0) is 18.4 Å². The Morgan fingerprint density at radius 2 is 1.76 bits per heavy atom. The standard InChI is InChI=1S/C26H24FN4O2/c1-17-14-20(7-9-23(17)28-4)31-24(32)26(2,3)30(25(31)33)16-18-6-8-21(22(27)15-18)19-10-12-29(5)13-11-19/h6-15H,16H2,1-3,5H3/q+1. The number of aryl methyl sites for hydroxylation is 2. The smallest absolute Gasteiger partial charge is 0.305 e. The second-order valence-corrected chi connectivity index (χ2v) is 8.72. The van der Waals surface area contributed by atoms with Gasteiger partial charge in [0.05, 0.1) is 12.3 Å². The second kappa shape index (κ2) is 8.14. The Balaban J connectivity index is 1.63. The number of rotatable bonds is 4. The van der Waals surface area contributed by atoms with Crippen molar-refractivity contribution in [3.63, 3.8) is 0 Å². The summed E-state index contributed by atoms with van der Waals surface area (Å²) < 4.78 is 16.8. The first-order chi connectivity index (χ1) is 15.6. The Morgan fingerprint density at radius 1 is 1.06 bits per heavy atom. The highest BCUT2D eigenvalue weighted by molar-refractivity contribution is 6.23. The summed E-state index contributed by atoms with van der Waals surface area (Å²) in [5.74, 6) is -0.754. The molecule has 4 rings (SSSR count). The summed E-state index contributed by atoms with van der Waals surface area (Å²) in [6.07, 6.45) is 3.70. The van der Waals surface area contributed by atoms with E-state index in [2.05, 4.69) is 4.85 Å². The molecule has 1 aliphatic heterocycles. The molecule has 2 heterocycles.